The zero-order valence-electron chi connectivity index (χ0n) is 5.93. The molecule has 1 rings (SSSR count). The first-order chi connectivity index (χ1) is 5.22. The third kappa shape index (κ3) is 1.80. The Morgan fingerprint density at radius 2 is 2.45 bits per heavy atom. The highest BCUT2D eigenvalue weighted by Crippen LogP contribution is 2.08. The molecule has 0 radical (unpaired) electrons. The molecule has 0 aromatic rings. The summed E-state index contributed by atoms with van der Waals surface area (Å²) in [6, 6.07) is 0. The lowest BCUT2D eigenvalue weighted by Crippen LogP contribution is -2.27. The standard InChI is InChI=1S/C7H9FN2O/c8-5-3-1-2-4-10-6(5)7(9)11/h1,3,10H,2,4H2,(H2,9,11). The number of hydrogen-bond donors (Lipinski definition) is 2. The van der Waals surface area contributed by atoms with Gasteiger partial charge in [0.05, 0.1) is 0 Å². The molecule has 0 fully saturated rings. The summed E-state index contributed by atoms with van der Waals surface area (Å²) in [7, 11) is 0. The summed E-state index contributed by atoms with van der Waals surface area (Å²) in [5, 5.41) is 2.60. The van der Waals surface area contributed by atoms with E-state index in [9.17, 15) is 9.18 Å². The number of amides is 1. The number of halogens is 1. The van der Waals surface area contributed by atoms with E-state index in [0.717, 1.165) is 0 Å². The highest BCUT2D eigenvalue weighted by atomic mass is 19.1. The quantitative estimate of drug-likeness (QED) is 0.570. The lowest BCUT2D eigenvalue weighted by Gasteiger charge is -2.03. The van der Waals surface area contributed by atoms with Crippen molar-refractivity contribution in [1.82, 2.24) is 5.32 Å². The van der Waals surface area contributed by atoms with Gasteiger partial charge in [0, 0.05) is 6.54 Å². The van der Waals surface area contributed by atoms with E-state index >= 15 is 0 Å². The van der Waals surface area contributed by atoms with Gasteiger partial charge in [-0.1, -0.05) is 6.08 Å². The van der Waals surface area contributed by atoms with E-state index in [1.165, 1.54) is 6.08 Å². The van der Waals surface area contributed by atoms with Gasteiger partial charge in [0.2, 0.25) is 0 Å². The fourth-order valence-electron chi connectivity index (χ4n) is 0.840. The van der Waals surface area contributed by atoms with Crippen LogP contribution in [0.1, 0.15) is 6.42 Å². The van der Waals surface area contributed by atoms with Crippen molar-refractivity contribution < 1.29 is 9.18 Å². The summed E-state index contributed by atoms with van der Waals surface area (Å²) in [5.74, 6) is -1.34. The predicted molar refractivity (Wildman–Crippen MR) is 39.1 cm³/mol. The Balaban J connectivity index is 2.88. The molecule has 1 aliphatic heterocycles. The summed E-state index contributed by atoms with van der Waals surface area (Å²) >= 11 is 0. The van der Waals surface area contributed by atoms with Crippen LogP contribution in [-0.4, -0.2) is 12.5 Å². The van der Waals surface area contributed by atoms with Gasteiger partial charge in [0.25, 0.3) is 5.91 Å². The molecule has 0 unspecified atom stereocenters. The SMILES string of the molecule is NC(=O)C1=C(F)C=CCCN1. The van der Waals surface area contributed by atoms with Crippen LogP contribution >= 0.6 is 0 Å². The van der Waals surface area contributed by atoms with E-state index in [-0.39, 0.29) is 5.70 Å². The number of allylic oxidation sites excluding steroid dienone is 2. The predicted octanol–water partition coefficient (Wildman–Crippen LogP) is 0.202. The Labute approximate surface area is 63.8 Å². The first kappa shape index (κ1) is 7.78. The van der Waals surface area contributed by atoms with Crippen LogP contribution in [0.25, 0.3) is 0 Å². The van der Waals surface area contributed by atoms with Gasteiger partial charge in [-0.25, -0.2) is 4.39 Å². The normalized spacial score (nSPS) is 17.5. The van der Waals surface area contributed by atoms with Gasteiger partial charge in [0.15, 0.2) is 5.83 Å². The van der Waals surface area contributed by atoms with Crippen LogP contribution in [0.2, 0.25) is 0 Å². The molecule has 4 heteroatoms. The second-order valence-corrected chi connectivity index (χ2v) is 2.21. The molecule has 0 atom stereocenters. The Kier molecular flexibility index (Phi) is 2.25. The topological polar surface area (TPSA) is 55.1 Å². The first-order valence-corrected chi connectivity index (χ1v) is 3.32. The van der Waals surface area contributed by atoms with Gasteiger partial charge in [-0.05, 0) is 12.5 Å². The largest absolute Gasteiger partial charge is 0.378 e. The van der Waals surface area contributed by atoms with E-state index in [0.29, 0.717) is 13.0 Å². The third-order valence-corrected chi connectivity index (χ3v) is 1.36. The van der Waals surface area contributed by atoms with Crippen LogP contribution in [0.3, 0.4) is 0 Å². The van der Waals surface area contributed by atoms with Crippen LogP contribution < -0.4 is 11.1 Å². The fourth-order valence-corrected chi connectivity index (χ4v) is 0.840. The van der Waals surface area contributed by atoms with Gasteiger partial charge in [0.1, 0.15) is 5.70 Å². The first-order valence-electron chi connectivity index (χ1n) is 3.32. The summed E-state index contributed by atoms with van der Waals surface area (Å²) in [6.45, 7) is 0.544. The Hall–Kier alpha value is -1.32. The molecule has 0 bridgehead atoms. The zero-order valence-corrected chi connectivity index (χ0v) is 5.93. The molecule has 11 heavy (non-hydrogen) atoms. The zero-order chi connectivity index (χ0) is 8.27. The molecule has 1 amide bonds. The monoisotopic (exact) mass is 156 g/mol. The molecule has 0 saturated carbocycles. The van der Waals surface area contributed by atoms with Gasteiger partial charge < -0.3 is 11.1 Å². The van der Waals surface area contributed by atoms with Crippen LogP contribution in [0.5, 0.6) is 0 Å². The molecule has 0 spiro atoms. The summed E-state index contributed by atoms with van der Waals surface area (Å²) in [6.07, 6.45) is 3.60. The number of nitrogens with one attached hydrogen (secondary N) is 1. The molecule has 3 N–H and O–H groups in total. The summed E-state index contributed by atoms with van der Waals surface area (Å²) in [5.41, 5.74) is 4.77. The van der Waals surface area contributed by atoms with E-state index in [1.54, 1.807) is 6.08 Å². The van der Waals surface area contributed by atoms with Crippen LogP contribution in [0.15, 0.2) is 23.7 Å². The summed E-state index contributed by atoms with van der Waals surface area (Å²) in [4.78, 5) is 10.5. The van der Waals surface area contributed by atoms with Crippen molar-refractivity contribution in [1.29, 1.82) is 0 Å². The smallest absolute Gasteiger partial charge is 0.267 e. The maximum Gasteiger partial charge on any atom is 0.267 e. The van der Waals surface area contributed by atoms with E-state index in [2.05, 4.69) is 5.32 Å². The minimum absolute atomic E-state index is 0.126. The van der Waals surface area contributed by atoms with Gasteiger partial charge in [-0.2, -0.15) is 0 Å². The van der Waals surface area contributed by atoms with Crippen molar-refractivity contribution in [3.8, 4) is 0 Å². The number of carbonyl (C=O) groups is 1. The number of carbonyl (C=O) groups excluding carboxylic acids is 1. The summed E-state index contributed by atoms with van der Waals surface area (Å²) < 4.78 is 12.8. The van der Waals surface area contributed by atoms with Crippen molar-refractivity contribution in [3.63, 3.8) is 0 Å². The van der Waals surface area contributed by atoms with E-state index in [4.69, 9.17) is 5.73 Å². The van der Waals surface area contributed by atoms with Gasteiger partial charge in [-0.3, -0.25) is 4.79 Å². The number of primary amides is 1. The highest BCUT2D eigenvalue weighted by molar-refractivity contribution is 5.92. The van der Waals surface area contributed by atoms with Crippen LogP contribution in [0, 0.1) is 0 Å². The molecule has 1 heterocycles. The highest BCUT2D eigenvalue weighted by Gasteiger charge is 2.11. The molecule has 3 nitrogen and oxygen atoms in total. The maximum atomic E-state index is 12.8. The molecule has 0 aromatic carbocycles. The molecular formula is C7H9FN2O. The average Bonchev–Trinajstić information content (AvgIpc) is 2.13. The second-order valence-electron chi connectivity index (χ2n) is 2.21. The van der Waals surface area contributed by atoms with Crippen molar-refractivity contribution in [2.75, 3.05) is 6.54 Å². The molecule has 0 saturated heterocycles. The number of hydrogen-bond acceptors (Lipinski definition) is 2. The van der Waals surface area contributed by atoms with Crippen LogP contribution in [0.4, 0.5) is 4.39 Å². The van der Waals surface area contributed by atoms with Crippen molar-refractivity contribution in [2.24, 2.45) is 5.73 Å². The molecule has 0 aromatic heterocycles. The lowest BCUT2D eigenvalue weighted by atomic mass is 10.3. The van der Waals surface area contributed by atoms with E-state index in [1.807, 2.05) is 0 Å². The minimum Gasteiger partial charge on any atom is -0.378 e. The minimum atomic E-state index is -0.756. The second kappa shape index (κ2) is 3.18. The molecule has 1 aliphatic rings. The van der Waals surface area contributed by atoms with E-state index < -0.39 is 11.7 Å². The third-order valence-electron chi connectivity index (χ3n) is 1.36. The Morgan fingerprint density at radius 3 is 3.09 bits per heavy atom. The van der Waals surface area contributed by atoms with Crippen molar-refractivity contribution in [3.05, 3.63) is 23.7 Å². The van der Waals surface area contributed by atoms with Crippen molar-refractivity contribution in [2.45, 2.75) is 6.42 Å². The van der Waals surface area contributed by atoms with Gasteiger partial charge in [-0.15, -0.1) is 0 Å². The fraction of sp³-hybridized carbons (Fsp3) is 0.286. The van der Waals surface area contributed by atoms with Gasteiger partial charge >= 0.3 is 0 Å². The molecular weight excluding hydrogens is 147 g/mol. The average molecular weight is 156 g/mol. The lowest BCUT2D eigenvalue weighted by molar-refractivity contribution is -0.115. The molecule has 0 aliphatic carbocycles. The molecule has 60 valence electrons. The van der Waals surface area contributed by atoms with Crippen molar-refractivity contribution >= 4 is 5.91 Å². The Bertz CT molecular complexity index is 233. The maximum absolute atomic E-state index is 12.8. The number of nitrogens with two attached hydrogens (primary N) is 1. The van der Waals surface area contributed by atoms with Crippen LogP contribution in [-0.2, 0) is 4.79 Å². The number of rotatable bonds is 1. The Morgan fingerprint density at radius 1 is 1.73 bits per heavy atom.